The van der Waals surface area contributed by atoms with Crippen LogP contribution in [-0.4, -0.2) is 31.7 Å². The van der Waals surface area contributed by atoms with Crippen LogP contribution in [0.25, 0.3) is 6.08 Å². The summed E-state index contributed by atoms with van der Waals surface area (Å²) < 4.78 is 22.6. The third kappa shape index (κ3) is 5.77. The van der Waals surface area contributed by atoms with E-state index in [0.29, 0.717) is 35.3 Å². The molecule has 0 N–H and O–H groups in total. The predicted molar refractivity (Wildman–Crippen MR) is 132 cm³/mol. The molecule has 0 saturated carbocycles. The molecular formula is C27H24ClNO5. The number of halogens is 1. The molecule has 0 bridgehead atoms. The highest BCUT2D eigenvalue weighted by molar-refractivity contribution is 6.32. The SMILES string of the molecule is CCOc1cc(/C=C2\N=C(c3ccccc3)OC2=O)cc(Cl)c1OCCOc1ccc(C)cc1. The minimum atomic E-state index is -0.526. The van der Waals surface area contributed by atoms with Gasteiger partial charge < -0.3 is 18.9 Å². The number of carbonyl (C=O) groups is 1. The first-order chi connectivity index (χ1) is 16.5. The van der Waals surface area contributed by atoms with Crippen molar-refractivity contribution < 1.29 is 23.7 Å². The second-order valence-corrected chi connectivity index (χ2v) is 7.88. The summed E-state index contributed by atoms with van der Waals surface area (Å²) in [6.07, 6.45) is 1.61. The molecule has 7 heteroatoms. The molecule has 0 fully saturated rings. The van der Waals surface area contributed by atoms with E-state index in [1.54, 1.807) is 18.2 Å². The van der Waals surface area contributed by atoms with E-state index in [4.69, 9.17) is 30.5 Å². The van der Waals surface area contributed by atoms with Crippen LogP contribution in [0.3, 0.4) is 0 Å². The zero-order chi connectivity index (χ0) is 23.9. The van der Waals surface area contributed by atoms with Crippen LogP contribution in [0.4, 0.5) is 0 Å². The maximum atomic E-state index is 12.3. The Kier molecular flexibility index (Phi) is 7.50. The van der Waals surface area contributed by atoms with Gasteiger partial charge in [0.1, 0.15) is 19.0 Å². The van der Waals surface area contributed by atoms with Crippen molar-refractivity contribution in [1.29, 1.82) is 0 Å². The average Bonchev–Trinajstić information content (AvgIpc) is 3.20. The van der Waals surface area contributed by atoms with E-state index in [9.17, 15) is 4.79 Å². The molecule has 34 heavy (non-hydrogen) atoms. The molecule has 1 aliphatic heterocycles. The van der Waals surface area contributed by atoms with E-state index < -0.39 is 5.97 Å². The number of esters is 1. The highest BCUT2D eigenvalue weighted by Crippen LogP contribution is 2.37. The summed E-state index contributed by atoms with van der Waals surface area (Å²) >= 11 is 6.50. The fourth-order valence-corrected chi connectivity index (χ4v) is 3.56. The lowest BCUT2D eigenvalue weighted by atomic mass is 10.1. The van der Waals surface area contributed by atoms with Gasteiger partial charge in [-0.15, -0.1) is 0 Å². The molecule has 0 aromatic heterocycles. The fourth-order valence-electron chi connectivity index (χ4n) is 3.28. The van der Waals surface area contributed by atoms with Crippen molar-refractivity contribution in [3.63, 3.8) is 0 Å². The summed E-state index contributed by atoms with van der Waals surface area (Å²) in [4.78, 5) is 16.7. The minimum Gasteiger partial charge on any atom is -0.490 e. The van der Waals surface area contributed by atoms with E-state index in [0.717, 1.165) is 11.3 Å². The number of carbonyl (C=O) groups excluding carboxylic acids is 1. The molecular weight excluding hydrogens is 454 g/mol. The fraction of sp³-hybridized carbons (Fsp3) is 0.185. The van der Waals surface area contributed by atoms with Crippen molar-refractivity contribution in [3.8, 4) is 17.2 Å². The van der Waals surface area contributed by atoms with Crippen molar-refractivity contribution >= 4 is 29.5 Å². The van der Waals surface area contributed by atoms with Crippen molar-refractivity contribution in [2.24, 2.45) is 4.99 Å². The molecule has 1 aliphatic rings. The quantitative estimate of drug-likeness (QED) is 0.220. The van der Waals surface area contributed by atoms with Gasteiger partial charge in [-0.2, -0.15) is 0 Å². The molecule has 0 spiro atoms. The summed E-state index contributed by atoms with van der Waals surface area (Å²) in [5.41, 5.74) is 2.71. The topological polar surface area (TPSA) is 66.4 Å². The molecule has 0 unspecified atom stereocenters. The number of hydrogen-bond acceptors (Lipinski definition) is 6. The van der Waals surface area contributed by atoms with E-state index >= 15 is 0 Å². The Morgan fingerprint density at radius 2 is 1.71 bits per heavy atom. The molecule has 174 valence electrons. The molecule has 4 rings (SSSR count). The lowest BCUT2D eigenvalue weighted by molar-refractivity contribution is -0.129. The molecule has 0 radical (unpaired) electrons. The summed E-state index contributed by atoms with van der Waals surface area (Å²) in [6.45, 7) is 4.94. The Morgan fingerprint density at radius 3 is 2.44 bits per heavy atom. The second kappa shape index (κ2) is 10.9. The van der Waals surface area contributed by atoms with Crippen LogP contribution < -0.4 is 14.2 Å². The molecule has 3 aromatic carbocycles. The third-order valence-corrected chi connectivity index (χ3v) is 5.18. The maximum absolute atomic E-state index is 12.3. The first-order valence-corrected chi connectivity index (χ1v) is 11.3. The standard InChI is InChI=1S/C27H24ClNO5/c1-3-31-24-17-19(16-23-27(30)34-26(29-23)20-7-5-4-6-8-20)15-22(28)25(24)33-14-13-32-21-11-9-18(2)10-12-21/h4-12,15-17H,3,13-14H2,1-2H3/b23-16-. The van der Waals surface area contributed by atoms with Crippen molar-refractivity contribution in [2.45, 2.75) is 13.8 Å². The van der Waals surface area contributed by atoms with Gasteiger partial charge in [-0.25, -0.2) is 9.79 Å². The largest absolute Gasteiger partial charge is 0.490 e. The van der Waals surface area contributed by atoms with E-state index in [1.807, 2.05) is 68.4 Å². The normalized spacial score (nSPS) is 14.0. The molecule has 0 atom stereocenters. The number of nitrogens with zero attached hydrogens (tertiary/aromatic N) is 1. The van der Waals surface area contributed by atoms with Crippen molar-refractivity contribution in [1.82, 2.24) is 0 Å². The Bertz CT molecular complexity index is 1220. The van der Waals surface area contributed by atoms with Crippen LogP contribution in [0.15, 0.2) is 77.4 Å². The van der Waals surface area contributed by atoms with Gasteiger partial charge in [0.2, 0.25) is 5.90 Å². The Labute approximate surface area is 203 Å². The minimum absolute atomic E-state index is 0.178. The Balaban J connectivity index is 1.48. The van der Waals surface area contributed by atoms with Gasteiger partial charge in [0, 0.05) is 5.56 Å². The molecule has 0 saturated heterocycles. The highest BCUT2D eigenvalue weighted by atomic mass is 35.5. The van der Waals surface area contributed by atoms with Crippen LogP contribution in [0.2, 0.25) is 5.02 Å². The van der Waals surface area contributed by atoms with Crippen LogP contribution in [0, 0.1) is 6.92 Å². The van der Waals surface area contributed by atoms with Crippen LogP contribution >= 0.6 is 11.6 Å². The van der Waals surface area contributed by atoms with E-state index in [1.165, 1.54) is 5.56 Å². The van der Waals surface area contributed by atoms with Crippen molar-refractivity contribution in [3.05, 3.63) is 94.1 Å². The number of hydrogen-bond donors (Lipinski definition) is 0. The summed E-state index contributed by atoms with van der Waals surface area (Å²) in [6, 6.07) is 20.5. The van der Waals surface area contributed by atoms with Gasteiger partial charge in [0.15, 0.2) is 17.2 Å². The third-order valence-electron chi connectivity index (χ3n) is 4.90. The lowest BCUT2D eigenvalue weighted by Crippen LogP contribution is -2.10. The summed E-state index contributed by atoms with van der Waals surface area (Å²) in [5, 5.41) is 0.353. The zero-order valence-corrected chi connectivity index (χ0v) is 19.7. The highest BCUT2D eigenvalue weighted by Gasteiger charge is 2.24. The predicted octanol–water partition coefficient (Wildman–Crippen LogP) is 5.85. The van der Waals surface area contributed by atoms with Crippen LogP contribution in [-0.2, 0) is 9.53 Å². The number of aliphatic imine (C=N–C) groups is 1. The van der Waals surface area contributed by atoms with Gasteiger partial charge >= 0.3 is 5.97 Å². The first-order valence-electron chi connectivity index (χ1n) is 10.9. The number of benzene rings is 3. The molecule has 6 nitrogen and oxygen atoms in total. The van der Waals surface area contributed by atoms with Crippen LogP contribution in [0.5, 0.6) is 17.2 Å². The lowest BCUT2D eigenvalue weighted by Gasteiger charge is -2.15. The second-order valence-electron chi connectivity index (χ2n) is 7.48. The monoisotopic (exact) mass is 477 g/mol. The summed E-state index contributed by atoms with van der Waals surface area (Å²) in [5.74, 6) is 1.39. The number of ether oxygens (including phenoxy) is 4. The maximum Gasteiger partial charge on any atom is 0.363 e. The average molecular weight is 478 g/mol. The number of rotatable bonds is 9. The van der Waals surface area contributed by atoms with Gasteiger partial charge in [0.25, 0.3) is 0 Å². The van der Waals surface area contributed by atoms with Crippen LogP contribution in [0.1, 0.15) is 23.6 Å². The Morgan fingerprint density at radius 1 is 0.971 bits per heavy atom. The van der Waals surface area contributed by atoms with Gasteiger partial charge in [-0.05, 0) is 61.9 Å². The molecule has 1 heterocycles. The van der Waals surface area contributed by atoms with E-state index in [2.05, 4.69) is 4.99 Å². The smallest absolute Gasteiger partial charge is 0.363 e. The first kappa shape index (κ1) is 23.4. The number of aryl methyl sites for hydroxylation is 1. The van der Waals surface area contributed by atoms with E-state index in [-0.39, 0.29) is 18.2 Å². The number of cyclic esters (lactones) is 1. The zero-order valence-electron chi connectivity index (χ0n) is 18.9. The van der Waals surface area contributed by atoms with Crippen molar-refractivity contribution in [2.75, 3.05) is 19.8 Å². The summed E-state index contributed by atoms with van der Waals surface area (Å²) in [7, 11) is 0. The Hall–Kier alpha value is -3.77. The van der Waals surface area contributed by atoms with Gasteiger partial charge in [-0.3, -0.25) is 0 Å². The molecule has 3 aromatic rings. The van der Waals surface area contributed by atoms with Gasteiger partial charge in [-0.1, -0.05) is 47.5 Å². The van der Waals surface area contributed by atoms with Gasteiger partial charge in [0.05, 0.1) is 11.6 Å². The molecule has 0 aliphatic carbocycles. The molecule has 0 amide bonds.